The molecule has 4 rings (SSSR count). The Morgan fingerprint density at radius 1 is 0.875 bits per heavy atom. The summed E-state index contributed by atoms with van der Waals surface area (Å²) in [6.07, 6.45) is -7.69. The van der Waals surface area contributed by atoms with Crippen molar-refractivity contribution < 1.29 is 54.8 Å². The molecule has 5 atom stereocenters. The van der Waals surface area contributed by atoms with Crippen LogP contribution in [0.3, 0.4) is 0 Å². The summed E-state index contributed by atoms with van der Waals surface area (Å²) in [4.78, 5) is 25.7. The Bertz CT molecular complexity index is 1090. The standard InChI is InChI=1S/C21H20O11/c22-5-11-16(26)19(29)20(30)21(32-11)31-6-7-4-9-13(18(28)14(7)24)17(27)12-8(15(9)25)2-1-3-10(12)23/h1-4,11,16,19-24,26,28-30H,5-6H2/t11?,16-,19?,20+,21-/m0/s1. The number of aliphatic hydroxyl groups is 4. The third kappa shape index (κ3) is 3.32. The van der Waals surface area contributed by atoms with Crippen molar-refractivity contribution in [3.63, 3.8) is 0 Å². The number of aliphatic hydroxyl groups excluding tert-OH is 4. The Balaban J connectivity index is 1.65. The van der Waals surface area contributed by atoms with E-state index in [0.29, 0.717) is 0 Å². The van der Waals surface area contributed by atoms with Gasteiger partial charge in [0.2, 0.25) is 5.78 Å². The topological polar surface area (TPSA) is 194 Å². The smallest absolute Gasteiger partial charge is 0.202 e. The van der Waals surface area contributed by atoms with Crippen LogP contribution in [0.15, 0.2) is 24.3 Å². The molecule has 7 N–H and O–H groups in total. The van der Waals surface area contributed by atoms with Gasteiger partial charge in [-0.2, -0.15) is 0 Å². The van der Waals surface area contributed by atoms with E-state index >= 15 is 0 Å². The Morgan fingerprint density at radius 3 is 2.28 bits per heavy atom. The van der Waals surface area contributed by atoms with E-state index in [2.05, 4.69) is 0 Å². The monoisotopic (exact) mass is 448 g/mol. The number of rotatable bonds is 4. The number of benzene rings is 2. The van der Waals surface area contributed by atoms with Crippen LogP contribution in [0.25, 0.3) is 0 Å². The number of ether oxygens (including phenoxy) is 2. The van der Waals surface area contributed by atoms with Crippen molar-refractivity contribution in [2.45, 2.75) is 37.3 Å². The van der Waals surface area contributed by atoms with Crippen LogP contribution in [0, 0.1) is 0 Å². The van der Waals surface area contributed by atoms with Crippen LogP contribution in [0.4, 0.5) is 0 Å². The predicted molar refractivity (Wildman–Crippen MR) is 103 cm³/mol. The molecule has 1 fully saturated rings. The lowest BCUT2D eigenvalue weighted by Gasteiger charge is -2.39. The van der Waals surface area contributed by atoms with E-state index in [-0.39, 0.29) is 22.3 Å². The van der Waals surface area contributed by atoms with Crippen LogP contribution in [0.1, 0.15) is 37.4 Å². The van der Waals surface area contributed by atoms with Gasteiger partial charge in [-0.25, -0.2) is 0 Å². The van der Waals surface area contributed by atoms with Gasteiger partial charge in [-0.05, 0) is 12.1 Å². The van der Waals surface area contributed by atoms with E-state index in [1.54, 1.807) is 0 Å². The number of fused-ring (bicyclic) bond motifs is 2. The van der Waals surface area contributed by atoms with E-state index in [0.717, 1.165) is 6.07 Å². The van der Waals surface area contributed by atoms with Crippen molar-refractivity contribution in [3.05, 3.63) is 52.1 Å². The highest BCUT2D eigenvalue weighted by Gasteiger charge is 2.44. The van der Waals surface area contributed by atoms with Crippen LogP contribution in [0.5, 0.6) is 17.2 Å². The maximum Gasteiger partial charge on any atom is 0.202 e. The van der Waals surface area contributed by atoms with E-state index in [1.807, 2.05) is 0 Å². The Morgan fingerprint density at radius 2 is 1.59 bits per heavy atom. The summed E-state index contributed by atoms with van der Waals surface area (Å²) in [7, 11) is 0. The van der Waals surface area contributed by atoms with Crippen molar-refractivity contribution in [2.75, 3.05) is 6.61 Å². The lowest BCUT2D eigenvalue weighted by molar-refractivity contribution is -0.304. The molecule has 32 heavy (non-hydrogen) atoms. The first kappa shape index (κ1) is 22.1. The maximum absolute atomic E-state index is 12.9. The summed E-state index contributed by atoms with van der Waals surface area (Å²) in [6.45, 7) is -1.21. The third-order valence-electron chi connectivity index (χ3n) is 5.59. The second-order valence-corrected chi connectivity index (χ2v) is 7.52. The van der Waals surface area contributed by atoms with Crippen molar-refractivity contribution in [3.8, 4) is 17.2 Å². The van der Waals surface area contributed by atoms with E-state index in [1.165, 1.54) is 18.2 Å². The molecule has 2 aromatic carbocycles. The first-order valence-electron chi connectivity index (χ1n) is 9.58. The quantitative estimate of drug-likeness (QED) is 0.239. The Hall–Kier alpha value is -3.06. The first-order valence-corrected chi connectivity index (χ1v) is 9.58. The molecule has 0 spiro atoms. The fourth-order valence-electron chi connectivity index (χ4n) is 3.85. The average molecular weight is 448 g/mol. The van der Waals surface area contributed by atoms with Crippen LogP contribution >= 0.6 is 0 Å². The van der Waals surface area contributed by atoms with Crippen molar-refractivity contribution in [2.24, 2.45) is 0 Å². The number of hydrogen-bond donors (Lipinski definition) is 7. The van der Waals surface area contributed by atoms with Gasteiger partial charge < -0.3 is 45.2 Å². The summed E-state index contributed by atoms with van der Waals surface area (Å²) in [5, 5.41) is 69.7. The van der Waals surface area contributed by atoms with Gasteiger partial charge in [-0.1, -0.05) is 12.1 Å². The molecule has 0 radical (unpaired) electrons. The molecule has 2 aromatic rings. The molecule has 1 aliphatic carbocycles. The van der Waals surface area contributed by atoms with Crippen LogP contribution < -0.4 is 0 Å². The molecule has 170 valence electrons. The molecule has 2 unspecified atom stereocenters. The predicted octanol–water partition coefficient (Wildman–Crippen LogP) is -1.10. The van der Waals surface area contributed by atoms with Crippen LogP contribution in [-0.4, -0.2) is 84.6 Å². The second-order valence-electron chi connectivity index (χ2n) is 7.52. The fourth-order valence-corrected chi connectivity index (χ4v) is 3.85. The second kappa shape index (κ2) is 8.13. The number of phenols is 3. The van der Waals surface area contributed by atoms with E-state index in [9.17, 15) is 45.3 Å². The number of hydrogen-bond acceptors (Lipinski definition) is 11. The summed E-state index contributed by atoms with van der Waals surface area (Å²) in [5.41, 5.74) is -1.20. The van der Waals surface area contributed by atoms with E-state index in [4.69, 9.17) is 9.47 Å². The van der Waals surface area contributed by atoms with Crippen LogP contribution in [0.2, 0.25) is 0 Å². The van der Waals surface area contributed by atoms with Gasteiger partial charge in [0.1, 0.15) is 30.2 Å². The summed E-state index contributed by atoms with van der Waals surface area (Å²) in [5.74, 6) is -3.62. The van der Waals surface area contributed by atoms with Crippen LogP contribution in [-0.2, 0) is 16.1 Å². The molecule has 0 saturated carbocycles. The number of phenolic OH excluding ortho intramolecular Hbond substituents is 3. The van der Waals surface area contributed by atoms with Gasteiger partial charge >= 0.3 is 0 Å². The third-order valence-corrected chi connectivity index (χ3v) is 5.59. The molecule has 0 bridgehead atoms. The minimum atomic E-state index is -1.70. The van der Waals surface area contributed by atoms with Crippen molar-refractivity contribution in [1.82, 2.24) is 0 Å². The molecular formula is C21H20O11. The molecule has 1 heterocycles. The summed E-state index contributed by atoms with van der Waals surface area (Å²) >= 11 is 0. The first-order chi connectivity index (χ1) is 15.2. The number of carbonyl (C=O) groups excluding carboxylic acids is 2. The summed E-state index contributed by atoms with van der Waals surface area (Å²) in [6, 6.07) is 5.07. The van der Waals surface area contributed by atoms with Gasteiger partial charge in [0, 0.05) is 16.7 Å². The zero-order valence-corrected chi connectivity index (χ0v) is 16.4. The molecule has 11 heteroatoms. The number of aromatic hydroxyl groups is 3. The highest BCUT2D eigenvalue weighted by Crippen LogP contribution is 2.42. The minimum Gasteiger partial charge on any atom is -0.507 e. The van der Waals surface area contributed by atoms with Crippen molar-refractivity contribution in [1.29, 1.82) is 0 Å². The Kier molecular flexibility index (Phi) is 5.63. The largest absolute Gasteiger partial charge is 0.507 e. The fraction of sp³-hybridized carbons (Fsp3) is 0.333. The SMILES string of the molecule is O=C1c2cccc(O)c2C(=O)c2c1cc(CO[C@H]1OC(CO)[C@H](O)C(O)[C@H]1O)c(O)c2O. The number of carbonyl (C=O) groups is 2. The van der Waals surface area contributed by atoms with Gasteiger partial charge in [0.05, 0.1) is 24.3 Å². The maximum atomic E-state index is 12.9. The normalized spacial score (nSPS) is 27.2. The highest BCUT2D eigenvalue weighted by molar-refractivity contribution is 6.30. The van der Waals surface area contributed by atoms with Gasteiger partial charge in [0.15, 0.2) is 23.6 Å². The molecule has 1 aliphatic heterocycles. The molecular weight excluding hydrogens is 428 g/mol. The zero-order valence-electron chi connectivity index (χ0n) is 16.4. The van der Waals surface area contributed by atoms with Gasteiger partial charge in [0.25, 0.3) is 0 Å². The molecule has 0 aromatic heterocycles. The average Bonchev–Trinajstić information content (AvgIpc) is 2.77. The molecule has 1 saturated heterocycles. The van der Waals surface area contributed by atoms with Gasteiger partial charge in [-0.15, -0.1) is 0 Å². The van der Waals surface area contributed by atoms with Crippen molar-refractivity contribution >= 4 is 11.6 Å². The number of ketones is 2. The minimum absolute atomic E-state index is 0.0756. The van der Waals surface area contributed by atoms with E-state index < -0.39 is 78.3 Å². The molecule has 0 amide bonds. The Labute approximate surface area is 180 Å². The summed E-state index contributed by atoms with van der Waals surface area (Å²) < 4.78 is 10.6. The molecule has 2 aliphatic rings. The van der Waals surface area contributed by atoms with Gasteiger partial charge in [-0.3, -0.25) is 9.59 Å². The zero-order chi connectivity index (χ0) is 23.3. The lowest BCUT2D eigenvalue weighted by atomic mass is 9.82. The molecule has 11 nitrogen and oxygen atoms in total. The highest BCUT2D eigenvalue weighted by atomic mass is 16.7. The lowest BCUT2D eigenvalue weighted by Crippen LogP contribution is -2.59.